The molecule has 19 heavy (non-hydrogen) atoms. The number of hydrogen-bond acceptors (Lipinski definition) is 4. The Hall–Kier alpha value is -1.97. The maximum absolute atomic E-state index is 5.87. The van der Waals surface area contributed by atoms with Crippen molar-refractivity contribution in [2.75, 3.05) is 0 Å². The summed E-state index contributed by atoms with van der Waals surface area (Å²) in [5.41, 5.74) is 3.84. The number of pyridine rings is 1. The van der Waals surface area contributed by atoms with E-state index in [9.17, 15) is 0 Å². The molecule has 0 spiro atoms. The Labute approximate surface area is 113 Å². The zero-order valence-corrected chi connectivity index (χ0v) is 12.1. The number of rotatable bonds is 3. The van der Waals surface area contributed by atoms with Crippen molar-refractivity contribution in [1.29, 1.82) is 0 Å². The molecule has 0 amide bonds. The summed E-state index contributed by atoms with van der Waals surface area (Å²) in [7, 11) is 0. The lowest BCUT2D eigenvalue weighted by molar-refractivity contribution is 0.448. The monoisotopic (exact) mass is 257 g/mol. The van der Waals surface area contributed by atoms with Crippen molar-refractivity contribution in [2.45, 2.75) is 40.5 Å². The SMILES string of the molecule is Cc1ccc(Oc2ncnc(C(C)C)c2C)c(C)n1. The van der Waals surface area contributed by atoms with E-state index >= 15 is 0 Å². The van der Waals surface area contributed by atoms with E-state index in [-0.39, 0.29) is 0 Å². The lowest BCUT2D eigenvalue weighted by Crippen LogP contribution is -2.02. The number of aromatic nitrogens is 3. The predicted molar refractivity (Wildman–Crippen MR) is 74.6 cm³/mol. The smallest absolute Gasteiger partial charge is 0.225 e. The largest absolute Gasteiger partial charge is 0.437 e. The molecule has 4 heteroatoms. The van der Waals surface area contributed by atoms with Crippen LogP contribution in [0.1, 0.15) is 42.4 Å². The van der Waals surface area contributed by atoms with Crippen LogP contribution in [0.4, 0.5) is 0 Å². The molecule has 0 saturated heterocycles. The second-order valence-electron chi connectivity index (χ2n) is 4.98. The Bertz CT molecular complexity index is 594. The van der Waals surface area contributed by atoms with Gasteiger partial charge in [-0.3, -0.25) is 4.98 Å². The van der Waals surface area contributed by atoms with Gasteiger partial charge in [0.25, 0.3) is 0 Å². The van der Waals surface area contributed by atoms with E-state index in [2.05, 4.69) is 28.8 Å². The van der Waals surface area contributed by atoms with Crippen LogP contribution in [0, 0.1) is 20.8 Å². The van der Waals surface area contributed by atoms with Crippen LogP contribution >= 0.6 is 0 Å². The van der Waals surface area contributed by atoms with E-state index in [4.69, 9.17) is 4.74 Å². The molecule has 100 valence electrons. The van der Waals surface area contributed by atoms with E-state index in [1.54, 1.807) is 6.33 Å². The van der Waals surface area contributed by atoms with Crippen LogP contribution < -0.4 is 4.74 Å². The third-order valence-electron chi connectivity index (χ3n) is 3.01. The van der Waals surface area contributed by atoms with Crippen molar-refractivity contribution < 1.29 is 4.74 Å². The van der Waals surface area contributed by atoms with Crippen LogP contribution in [0.2, 0.25) is 0 Å². The van der Waals surface area contributed by atoms with Crippen LogP contribution in [0.15, 0.2) is 18.5 Å². The molecule has 2 aromatic heterocycles. The Morgan fingerprint density at radius 1 is 1.05 bits per heavy atom. The Morgan fingerprint density at radius 3 is 2.42 bits per heavy atom. The van der Waals surface area contributed by atoms with Gasteiger partial charge < -0.3 is 4.74 Å². The summed E-state index contributed by atoms with van der Waals surface area (Å²) < 4.78 is 5.87. The predicted octanol–water partition coefficient (Wildman–Crippen LogP) is 3.71. The second kappa shape index (κ2) is 5.34. The van der Waals surface area contributed by atoms with Crippen LogP contribution in [-0.4, -0.2) is 15.0 Å². The fourth-order valence-electron chi connectivity index (χ4n) is 2.02. The normalized spacial score (nSPS) is 10.8. The zero-order valence-electron chi connectivity index (χ0n) is 12.1. The van der Waals surface area contributed by atoms with Crippen LogP contribution in [-0.2, 0) is 0 Å². The first-order valence-electron chi connectivity index (χ1n) is 6.42. The average molecular weight is 257 g/mol. The van der Waals surface area contributed by atoms with Gasteiger partial charge in [-0.1, -0.05) is 13.8 Å². The highest BCUT2D eigenvalue weighted by Gasteiger charge is 2.13. The van der Waals surface area contributed by atoms with Crippen molar-refractivity contribution in [3.63, 3.8) is 0 Å². The number of aryl methyl sites for hydroxylation is 2. The molecule has 0 atom stereocenters. The van der Waals surface area contributed by atoms with Gasteiger partial charge in [0.15, 0.2) is 5.75 Å². The van der Waals surface area contributed by atoms with Gasteiger partial charge in [-0.2, -0.15) is 0 Å². The Kier molecular flexibility index (Phi) is 3.79. The molecule has 2 rings (SSSR count). The zero-order chi connectivity index (χ0) is 14.0. The minimum absolute atomic E-state index is 0.350. The molecule has 0 bridgehead atoms. The highest BCUT2D eigenvalue weighted by atomic mass is 16.5. The van der Waals surface area contributed by atoms with E-state index in [0.717, 1.165) is 28.4 Å². The quantitative estimate of drug-likeness (QED) is 0.841. The average Bonchev–Trinajstić information content (AvgIpc) is 2.34. The molecule has 0 radical (unpaired) electrons. The van der Waals surface area contributed by atoms with E-state index in [1.165, 1.54) is 0 Å². The molecule has 0 aliphatic carbocycles. The van der Waals surface area contributed by atoms with Crippen molar-refractivity contribution in [2.24, 2.45) is 0 Å². The molecular formula is C15H19N3O. The fourth-order valence-corrected chi connectivity index (χ4v) is 2.02. The first kappa shape index (κ1) is 13.5. The summed E-state index contributed by atoms with van der Waals surface area (Å²) >= 11 is 0. The third kappa shape index (κ3) is 2.89. The molecule has 2 heterocycles. The van der Waals surface area contributed by atoms with Gasteiger partial charge in [0, 0.05) is 11.3 Å². The maximum Gasteiger partial charge on any atom is 0.225 e. The van der Waals surface area contributed by atoms with E-state index < -0.39 is 0 Å². The minimum atomic E-state index is 0.350. The molecule has 0 unspecified atom stereocenters. The van der Waals surface area contributed by atoms with E-state index in [1.807, 2.05) is 32.9 Å². The van der Waals surface area contributed by atoms with Crippen LogP contribution in [0.25, 0.3) is 0 Å². The first-order chi connectivity index (χ1) is 8.99. The van der Waals surface area contributed by atoms with E-state index in [0.29, 0.717) is 11.8 Å². The molecule has 0 aromatic carbocycles. The molecule has 0 aliphatic heterocycles. The number of nitrogens with zero attached hydrogens (tertiary/aromatic N) is 3. The lowest BCUT2D eigenvalue weighted by Gasteiger charge is -2.13. The summed E-state index contributed by atoms with van der Waals surface area (Å²) in [6, 6.07) is 3.86. The van der Waals surface area contributed by atoms with Gasteiger partial charge in [-0.25, -0.2) is 9.97 Å². The summed E-state index contributed by atoms with van der Waals surface area (Å²) in [4.78, 5) is 12.9. The molecule has 0 fully saturated rings. The molecule has 2 aromatic rings. The molecule has 0 N–H and O–H groups in total. The van der Waals surface area contributed by atoms with Gasteiger partial charge >= 0.3 is 0 Å². The standard InChI is InChI=1S/C15H19N3O/c1-9(2)14-11(4)15(17-8-16-14)19-13-7-6-10(3)18-12(13)5/h6-9H,1-5H3. The summed E-state index contributed by atoms with van der Waals surface area (Å²) in [5.74, 6) is 1.69. The minimum Gasteiger partial charge on any atom is -0.437 e. The van der Waals surface area contributed by atoms with Gasteiger partial charge in [0.1, 0.15) is 6.33 Å². The van der Waals surface area contributed by atoms with Crippen molar-refractivity contribution in [1.82, 2.24) is 15.0 Å². The number of ether oxygens (including phenoxy) is 1. The maximum atomic E-state index is 5.87. The summed E-state index contributed by atoms with van der Waals surface area (Å²) in [6.07, 6.45) is 1.55. The molecule has 0 saturated carbocycles. The van der Waals surface area contributed by atoms with Crippen molar-refractivity contribution in [3.8, 4) is 11.6 Å². The van der Waals surface area contributed by atoms with Crippen molar-refractivity contribution >= 4 is 0 Å². The Morgan fingerprint density at radius 2 is 1.79 bits per heavy atom. The molecular weight excluding hydrogens is 238 g/mol. The van der Waals surface area contributed by atoms with Gasteiger partial charge in [0.2, 0.25) is 5.88 Å². The topological polar surface area (TPSA) is 47.9 Å². The van der Waals surface area contributed by atoms with Crippen LogP contribution in [0.3, 0.4) is 0 Å². The van der Waals surface area contributed by atoms with Crippen LogP contribution in [0.5, 0.6) is 11.6 Å². The highest BCUT2D eigenvalue weighted by Crippen LogP contribution is 2.28. The lowest BCUT2D eigenvalue weighted by atomic mass is 10.1. The van der Waals surface area contributed by atoms with Crippen molar-refractivity contribution in [3.05, 3.63) is 41.1 Å². The van der Waals surface area contributed by atoms with Gasteiger partial charge in [-0.05, 0) is 38.8 Å². The van der Waals surface area contributed by atoms with Gasteiger partial charge in [-0.15, -0.1) is 0 Å². The molecule has 4 nitrogen and oxygen atoms in total. The fraction of sp³-hybridized carbons (Fsp3) is 0.400. The summed E-state index contributed by atoms with van der Waals surface area (Å²) in [6.45, 7) is 10.1. The second-order valence-corrected chi connectivity index (χ2v) is 4.98. The highest BCUT2D eigenvalue weighted by molar-refractivity contribution is 5.36. The molecule has 0 aliphatic rings. The first-order valence-corrected chi connectivity index (χ1v) is 6.42. The Balaban J connectivity index is 2.36. The van der Waals surface area contributed by atoms with Gasteiger partial charge in [0.05, 0.1) is 11.4 Å². The third-order valence-corrected chi connectivity index (χ3v) is 3.01. The number of hydrogen-bond donors (Lipinski definition) is 0. The summed E-state index contributed by atoms with van der Waals surface area (Å²) in [5, 5.41) is 0.